The number of amidine groups is 1. The van der Waals surface area contributed by atoms with Gasteiger partial charge in [0.15, 0.2) is 0 Å². The second kappa shape index (κ2) is 3.89. The molecule has 0 atom stereocenters. The van der Waals surface area contributed by atoms with Gasteiger partial charge in [0.25, 0.3) is 0 Å². The highest BCUT2D eigenvalue weighted by Crippen LogP contribution is 2.14. The van der Waals surface area contributed by atoms with E-state index in [1.165, 1.54) is 0 Å². The van der Waals surface area contributed by atoms with Crippen molar-refractivity contribution >= 4 is 5.84 Å². The Hall–Kier alpha value is -1.58. The Balaban J connectivity index is 3.06. The summed E-state index contributed by atoms with van der Waals surface area (Å²) in [6.45, 7) is 0. The zero-order valence-electron chi connectivity index (χ0n) is 8.03. The number of pyridine rings is 1. The molecule has 1 aromatic heterocycles. The standard InChI is InChI=1S/C9H13N3O/c1-12(2)8(10)7-5-4-6-11-9(7)13-3/h4-6,10H,1-3H3. The van der Waals surface area contributed by atoms with E-state index in [1.54, 1.807) is 24.3 Å². The second-order valence-corrected chi connectivity index (χ2v) is 2.80. The average Bonchev–Trinajstić information content (AvgIpc) is 2.16. The van der Waals surface area contributed by atoms with Gasteiger partial charge in [-0.05, 0) is 12.1 Å². The molecule has 0 saturated carbocycles. The van der Waals surface area contributed by atoms with Crippen molar-refractivity contribution in [3.8, 4) is 5.88 Å². The zero-order chi connectivity index (χ0) is 9.84. The Kier molecular flexibility index (Phi) is 2.84. The van der Waals surface area contributed by atoms with Crippen LogP contribution < -0.4 is 4.74 Å². The molecule has 1 rings (SSSR count). The largest absolute Gasteiger partial charge is 0.480 e. The molecule has 1 N–H and O–H groups in total. The molecule has 1 aromatic rings. The van der Waals surface area contributed by atoms with Crippen LogP contribution in [-0.4, -0.2) is 36.9 Å². The molecule has 0 spiro atoms. The fraction of sp³-hybridized carbons (Fsp3) is 0.333. The lowest BCUT2D eigenvalue weighted by atomic mass is 10.2. The van der Waals surface area contributed by atoms with Crippen LogP contribution in [0.5, 0.6) is 5.88 Å². The van der Waals surface area contributed by atoms with Crippen molar-refractivity contribution in [3.63, 3.8) is 0 Å². The number of hydrogen-bond acceptors (Lipinski definition) is 3. The predicted octanol–water partition coefficient (Wildman–Crippen LogP) is 0.977. The van der Waals surface area contributed by atoms with Crippen LogP contribution in [0, 0.1) is 5.41 Å². The fourth-order valence-electron chi connectivity index (χ4n) is 0.975. The van der Waals surface area contributed by atoms with E-state index in [9.17, 15) is 0 Å². The van der Waals surface area contributed by atoms with Gasteiger partial charge in [-0.15, -0.1) is 0 Å². The molecule has 0 unspecified atom stereocenters. The first-order valence-electron chi connectivity index (χ1n) is 3.92. The van der Waals surface area contributed by atoms with E-state index in [1.807, 2.05) is 20.2 Å². The number of ether oxygens (including phenoxy) is 1. The maximum atomic E-state index is 7.73. The van der Waals surface area contributed by atoms with Gasteiger partial charge in [0.2, 0.25) is 5.88 Å². The highest BCUT2D eigenvalue weighted by atomic mass is 16.5. The molecule has 1 heterocycles. The van der Waals surface area contributed by atoms with Crippen molar-refractivity contribution in [2.45, 2.75) is 0 Å². The highest BCUT2D eigenvalue weighted by Gasteiger charge is 2.09. The zero-order valence-corrected chi connectivity index (χ0v) is 8.03. The third-order valence-electron chi connectivity index (χ3n) is 1.67. The van der Waals surface area contributed by atoms with E-state index < -0.39 is 0 Å². The van der Waals surface area contributed by atoms with Gasteiger partial charge in [-0.1, -0.05) is 0 Å². The van der Waals surface area contributed by atoms with Crippen LogP contribution >= 0.6 is 0 Å². The van der Waals surface area contributed by atoms with Gasteiger partial charge < -0.3 is 9.64 Å². The minimum atomic E-state index is 0.393. The van der Waals surface area contributed by atoms with Crippen LogP contribution in [0.1, 0.15) is 5.56 Å². The maximum absolute atomic E-state index is 7.73. The van der Waals surface area contributed by atoms with Gasteiger partial charge >= 0.3 is 0 Å². The fourth-order valence-corrected chi connectivity index (χ4v) is 0.975. The summed E-state index contributed by atoms with van der Waals surface area (Å²) >= 11 is 0. The molecule has 0 aromatic carbocycles. The van der Waals surface area contributed by atoms with Crippen LogP contribution in [0.15, 0.2) is 18.3 Å². The molecule has 70 valence electrons. The van der Waals surface area contributed by atoms with Gasteiger partial charge in [0.1, 0.15) is 5.84 Å². The highest BCUT2D eigenvalue weighted by molar-refractivity contribution is 5.97. The number of aromatic nitrogens is 1. The molecule has 0 bridgehead atoms. The molecule has 0 amide bonds. The Morgan fingerprint density at radius 2 is 2.23 bits per heavy atom. The van der Waals surface area contributed by atoms with Crippen molar-refractivity contribution in [3.05, 3.63) is 23.9 Å². The average molecular weight is 179 g/mol. The first-order valence-corrected chi connectivity index (χ1v) is 3.92. The van der Waals surface area contributed by atoms with Gasteiger partial charge in [-0.2, -0.15) is 0 Å². The van der Waals surface area contributed by atoms with Crippen LogP contribution in [-0.2, 0) is 0 Å². The molecule has 4 nitrogen and oxygen atoms in total. The van der Waals surface area contributed by atoms with Crippen molar-refractivity contribution < 1.29 is 4.74 Å². The number of nitrogens with one attached hydrogen (secondary N) is 1. The summed E-state index contributed by atoms with van der Waals surface area (Å²) in [5.74, 6) is 0.881. The summed E-state index contributed by atoms with van der Waals surface area (Å²) in [5, 5.41) is 7.73. The molecule has 0 radical (unpaired) electrons. The van der Waals surface area contributed by atoms with Crippen LogP contribution in [0.3, 0.4) is 0 Å². The van der Waals surface area contributed by atoms with E-state index >= 15 is 0 Å². The molecule has 0 fully saturated rings. The van der Waals surface area contributed by atoms with Crippen molar-refractivity contribution in [1.29, 1.82) is 5.41 Å². The van der Waals surface area contributed by atoms with Crippen molar-refractivity contribution in [2.24, 2.45) is 0 Å². The SMILES string of the molecule is COc1ncccc1C(=N)N(C)C. The Morgan fingerprint density at radius 1 is 1.54 bits per heavy atom. The number of methoxy groups -OCH3 is 1. The smallest absolute Gasteiger partial charge is 0.224 e. The van der Waals surface area contributed by atoms with E-state index in [2.05, 4.69) is 4.98 Å². The molecular weight excluding hydrogens is 166 g/mol. The quantitative estimate of drug-likeness (QED) is 0.543. The topological polar surface area (TPSA) is 49.2 Å². The molecule has 0 aliphatic carbocycles. The number of rotatable bonds is 2. The van der Waals surface area contributed by atoms with Crippen LogP contribution in [0.2, 0.25) is 0 Å². The second-order valence-electron chi connectivity index (χ2n) is 2.80. The summed E-state index contributed by atoms with van der Waals surface area (Å²) in [4.78, 5) is 5.72. The van der Waals surface area contributed by atoms with E-state index in [0.717, 1.165) is 0 Å². The first kappa shape index (κ1) is 9.51. The summed E-state index contributed by atoms with van der Waals surface area (Å²) in [6, 6.07) is 3.60. The summed E-state index contributed by atoms with van der Waals surface area (Å²) in [5.41, 5.74) is 0.704. The lowest BCUT2D eigenvalue weighted by Gasteiger charge is -2.14. The Morgan fingerprint density at radius 3 is 2.77 bits per heavy atom. The minimum Gasteiger partial charge on any atom is -0.480 e. The van der Waals surface area contributed by atoms with Crippen molar-refractivity contribution in [1.82, 2.24) is 9.88 Å². The van der Waals surface area contributed by atoms with Crippen molar-refractivity contribution in [2.75, 3.05) is 21.2 Å². The van der Waals surface area contributed by atoms with Gasteiger partial charge in [-0.25, -0.2) is 4.98 Å². The molecule has 0 aliphatic rings. The molecular formula is C9H13N3O. The molecule has 0 aliphatic heterocycles. The third kappa shape index (κ3) is 1.96. The number of nitrogens with zero attached hydrogens (tertiary/aromatic N) is 2. The summed E-state index contributed by atoms with van der Waals surface area (Å²) < 4.78 is 5.04. The van der Waals surface area contributed by atoms with E-state index in [-0.39, 0.29) is 0 Å². The normalized spacial score (nSPS) is 9.46. The summed E-state index contributed by atoms with van der Waals surface area (Å²) in [6.07, 6.45) is 1.64. The monoisotopic (exact) mass is 179 g/mol. The Bertz CT molecular complexity index is 309. The van der Waals surface area contributed by atoms with Gasteiger partial charge in [-0.3, -0.25) is 5.41 Å². The first-order chi connectivity index (χ1) is 6.16. The van der Waals surface area contributed by atoms with Crippen LogP contribution in [0.4, 0.5) is 0 Å². The Labute approximate surface area is 77.7 Å². The third-order valence-corrected chi connectivity index (χ3v) is 1.67. The molecule has 13 heavy (non-hydrogen) atoms. The molecule has 4 heteroatoms. The number of hydrogen-bond donors (Lipinski definition) is 1. The molecule has 0 saturated heterocycles. The van der Waals surface area contributed by atoms with Gasteiger partial charge in [0.05, 0.1) is 12.7 Å². The van der Waals surface area contributed by atoms with E-state index in [4.69, 9.17) is 10.1 Å². The predicted molar refractivity (Wildman–Crippen MR) is 51.3 cm³/mol. The maximum Gasteiger partial charge on any atom is 0.224 e. The lowest BCUT2D eigenvalue weighted by Crippen LogP contribution is -2.22. The van der Waals surface area contributed by atoms with Gasteiger partial charge in [0, 0.05) is 20.3 Å². The van der Waals surface area contributed by atoms with E-state index in [0.29, 0.717) is 17.3 Å². The lowest BCUT2D eigenvalue weighted by molar-refractivity contribution is 0.395. The van der Waals surface area contributed by atoms with Crippen LogP contribution in [0.25, 0.3) is 0 Å². The summed E-state index contributed by atoms with van der Waals surface area (Å²) in [7, 11) is 5.18. The minimum absolute atomic E-state index is 0.393.